The summed E-state index contributed by atoms with van der Waals surface area (Å²) in [6.07, 6.45) is 3.67. The summed E-state index contributed by atoms with van der Waals surface area (Å²) in [7, 11) is 0. The van der Waals surface area contributed by atoms with Crippen molar-refractivity contribution in [3.63, 3.8) is 0 Å². The minimum atomic E-state index is -0.364. The SMILES string of the molecule is Oc1ccc(O)n1Cc1cccc(-c2cc3c(NC4CC4)ncnc3cc2F)c1. The molecular formula is C22H19FN4O2. The number of rotatable bonds is 5. The Morgan fingerprint density at radius 1 is 1.03 bits per heavy atom. The Morgan fingerprint density at radius 3 is 2.59 bits per heavy atom. The monoisotopic (exact) mass is 390 g/mol. The smallest absolute Gasteiger partial charge is 0.194 e. The summed E-state index contributed by atoms with van der Waals surface area (Å²) in [5.41, 5.74) is 2.54. The molecule has 1 aliphatic carbocycles. The highest BCUT2D eigenvalue weighted by Gasteiger charge is 2.22. The summed E-state index contributed by atoms with van der Waals surface area (Å²) >= 11 is 0. The van der Waals surface area contributed by atoms with Crippen LogP contribution < -0.4 is 5.32 Å². The van der Waals surface area contributed by atoms with Crippen LogP contribution in [0.4, 0.5) is 10.2 Å². The van der Waals surface area contributed by atoms with Gasteiger partial charge < -0.3 is 15.5 Å². The molecule has 1 saturated carbocycles. The lowest BCUT2D eigenvalue weighted by Gasteiger charge is -2.12. The summed E-state index contributed by atoms with van der Waals surface area (Å²) < 4.78 is 16.3. The molecule has 29 heavy (non-hydrogen) atoms. The zero-order valence-corrected chi connectivity index (χ0v) is 15.5. The Labute approximate surface area is 166 Å². The van der Waals surface area contributed by atoms with Gasteiger partial charge in [0.15, 0.2) is 11.8 Å². The Morgan fingerprint density at radius 2 is 1.83 bits per heavy atom. The maximum absolute atomic E-state index is 14.9. The van der Waals surface area contributed by atoms with Gasteiger partial charge in [-0.1, -0.05) is 18.2 Å². The Bertz CT molecular complexity index is 1200. The van der Waals surface area contributed by atoms with Crippen molar-refractivity contribution in [2.24, 2.45) is 0 Å². The highest BCUT2D eigenvalue weighted by molar-refractivity contribution is 5.93. The number of benzene rings is 2. The van der Waals surface area contributed by atoms with Gasteiger partial charge in [0.25, 0.3) is 0 Å². The van der Waals surface area contributed by atoms with Crippen LogP contribution in [0.3, 0.4) is 0 Å². The van der Waals surface area contributed by atoms with Crippen LogP contribution in [0.1, 0.15) is 18.4 Å². The number of anilines is 1. The van der Waals surface area contributed by atoms with E-state index >= 15 is 0 Å². The van der Waals surface area contributed by atoms with Gasteiger partial charge in [-0.3, -0.25) is 4.57 Å². The van der Waals surface area contributed by atoms with E-state index in [1.54, 1.807) is 6.07 Å². The summed E-state index contributed by atoms with van der Waals surface area (Å²) in [5, 5.41) is 23.9. The molecule has 3 N–H and O–H groups in total. The molecule has 7 heteroatoms. The van der Waals surface area contributed by atoms with Gasteiger partial charge in [0.05, 0.1) is 12.1 Å². The molecule has 6 nitrogen and oxygen atoms in total. The molecule has 2 aromatic carbocycles. The lowest BCUT2D eigenvalue weighted by atomic mass is 10.0. The van der Waals surface area contributed by atoms with Crippen LogP contribution in [0.2, 0.25) is 0 Å². The van der Waals surface area contributed by atoms with Gasteiger partial charge in [0, 0.05) is 35.2 Å². The quantitative estimate of drug-likeness (QED) is 0.474. The van der Waals surface area contributed by atoms with Gasteiger partial charge in [-0.15, -0.1) is 0 Å². The molecule has 0 spiro atoms. The second-order valence-electron chi connectivity index (χ2n) is 7.33. The first kappa shape index (κ1) is 17.5. The molecule has 146 valence electrons. The molecule has 0 amide bonds. The normalized spacial score (nSPS) is 13.7. The van der Waals surface area contributed by atoms with Crippen molar-refractivity contribution in [3.05, 3.63) is 66.2 Å². The van der Waals surface area contributed by atoms with Crippen molar-refractivity contribution in [2.45, 2.75) is 25.4 Å². The molecule has 0 unspecified atom stereocenters. The second kappa shape index (κ2) is 6.77. The highest BCUT2D eigenvalue weighted by atomic mass is 19.1. The van der Waals surface area contributed by atoms with E-state index in [2.05, 4.69) is 15.3 Å². The van der Waals surface area contributed by atoms with E-state index in [0.717, 1.165) is 29.6 Å². The third kappa shape index (κ3) is 3.35. The number of nitrogens with one attached hydrogen (secondary N) is 1. The van der Waals surface area contributed by atoms with Crippen molar-refractivity contribution in [1.29, 1.82) is 0 Å². The van der Waals surface area contributed by atoms with Crippen molar-refractivity contribution < 1.29 is 14.6 Å². The number of aromatic hydroxyl groups is 2. The van der Waals surface area contributed by atoms with Gasteiger partial charge in [-0.05, 0) is 36.1 Å². The van der Waals surface area contributed by atoms with Crippen LogP contribution >= 0.6 is 0 Å². The minimum absolute atomic E-state index is 0.0299. The maximum atomic E-state index is 14.9. The first-order valence-corrected chi connectivity index (χ1v) is 9.46. The van der Waals surface area contributed by atoms with Crippen LogP contribution in [0.25, 0.3) is 22.0 Å². The van der Waals surface area contributed by atoms with Gasteiger partial charge in [0.2, 0.25) is 0 Å². The fraction of sp³-hybridized carbons (Fsp3) is 0.182. The molecule has 0 aliphatic heterocycles. The summed E-state index contributed by atoms with van der Waals surface area (Å²) in [6.45, 7) is 0.269. The lowest BCUT2D eigenvalue weighted by molar-refractivity contribution is 0.377. The first-order valence-electron chi connectivity index (χ1n) is 9.46. The van der Waals surface area contributed by atoms with Crippen LogP contribution in [0, 0.1) is 5.82 Å². The maximum Gasteiger partial charge on any atom is 0.194 e. The lowest BCUT2D eigenvalue weighted by Crippen LogP contribution is -2.04. The van der Waals surface area contributed by atoms with Gasteiger partial charge in [0.1, 0.15) is 18.0 Å². The minimum Gasteiger partial charge on any atom is -0.494 e. The largest absolute Gasteiger partial charge is 0.494 e. The average molecular weight is 390 g/mol. The van der Waals surface area contributed by atoms with Crippen molar-refractivity contribution in [2.75, 3.05) is 5.32 Å². The fourth-order valence-electron chi connectivity index (χ4n) is 3.46. The van der Waals surface area contributed by atoms with Crippen molar-refractivity contribution >= 4 is 16.7 Å². The van der Waals surface area contributed by atoms with Crippen LogP contribution in [0.15, 0.2) is 54.9 Å². The molecule has 0 bridgehead atoms. The molecule has 1 aliphatic rings. The standard InChI is InChI=1S/C22H19FN4O2/c23-18-10-19-17(22(25-12-24-19)26-15-4-5-15)9-16(18)14-3-1-2-13(8-14)11-27-20(28)6-7-21(27)29/h1-3,6-10,12,15,28-29H,4-5,11H2,(H,24,25,26). The third-order valence-electron chi connectivity index (χ3n) is 5.16. The van der Waals surface area contributed by atoms with E-state index in [0.29, 0.717) is 22.7 Å². The molecule has 5 rings (SSSR count). The third-order valence-corrected chi connectivity index (χ3v) is 5.16. The number of fused-ring (bicyclic) bond motifs is 1. The Kier molecular flexibility index (Phi) is 4.08. The molecule has 2 aromatic heterocycles. The fourth-order valence-corrected chi connectivity index (χ4v) is 3.46. The van der Waals surface area contributed by atoms with E-state index in [-0.39, 0.29) is 24.1 Å². The molecule has 2 heterocycles. The summed E-state index contributed by atoms with van der Waals surface area (Å²) in [5.74, 6) is 0.296. The molecule has 0 radical (unpaired) electrons. The van der Waals surface area contributed by atoms with E-state index in [1.165, 1.54) is 29.1 Å². The number of hydrogen-bond acceptors (Lipinski definition) is 5. The van der Waals surface area contributed by atoms with Crippen molar-refractivity contribution in [3.8, 4) is 22.9 Å². The van der Waals surface area contributed by atoms with Gasteiger partial charge in [-0.2, -0.15) is 0 Å². The van der Waals surface area contributed by atoms with Crippen molar-refractivity contribution in [1.82, 2.24) is 14.5 Å². The van der Waals surface area contributed by atoms with Crippen LogP contribution in [-0.2, 0) is 6.54 Å². The van der Waals surface area contributed by atoms with Crippen LogP contribution in [-0.4, -0.2) is 30.8 Å². The molecule has 4 aromatic rings. The summed E-state index contributed by atoms with van der Waals surface area (Å²) in [6, 6.07) is 13.9. The molecule has 0 atom stereocenters. The Hall–Kier alpha value is -3.61. The number of nitrogens with zero attached hydrogens (tertiary/aromatic N) is 3. The number of aromatic nitrogens is 3. The first-order chi connectivity index (χ1) is 14.1. The predicted molar refractivity (Wildman–Crippen MR) is 108 cm³/mol. The number of halogens is 1. The summed E-state index contributed by atoms with van der Waals surface area (Å²) in [4.78, 5) is 8.54. The van der Waals surface area contributed by atoms with E-state index < -0.39 is 0 Å². The van der Waals surface area contributed by atoms with Crippen LogP contribution in [0.5, 0.6) is 11.8 Å². The van der Waals surface area contributed by atoms with E-state index in [4.69, 9.17) is 0 Å². The topological polar surface area (TPSA) is 83.2 Å². The Balaban J connectivity index is 1.55. The zero-order valence-electron chi connectivity index (χ0n) is 15.5. The number of hydrogen-bond donors (Lipinski definition) is 3. The van der Waals surface area contributed by atoms with Gasteiger partial charge >= 0.3 is 0 Å². The second-order valence-corrected chi connectivity index (χ2v) is 7.33. The van der Waals surface area contributed by atoms with Gasteiger partial charge in [-0.25, -0.2) is 14.4 Å². The zero-order chi connectivity index (χ0) is 20.0. The molecule has 1 fully saturated rings. The molecular weight excluding hydrogens is 371 g/mol. The highest BCUT2D eigenvalue weighted by Crippen LogP contribution is 2.33. The van der Waals surface area contributed by atoms with E-state index in [1.807, 2.05) is 24.3 Å². The molecule has 0 saturated heterocycles. The van der Waals surface area contributed by atoms with E-state index in [9.17, 15) is 14.6 Å². The average Bonchev–Trinajstić information content (AvgIpc) is 3.48. The predicted octanol–water partition coefficient (Wildman–Crippen LogP) is 4.27.